The van der Waals surface area contributed by atoms with Gasteiger partial charge in [0.15, 0.2) is 17.2 Å². The zero-order valence-electron chi connectivity index (χ0n) is 15.3. The Bertz CT molecular complexity index is 1120. The van der Waals surface area contributed by atoms with Crippen molar-refractivity contribution in [3.05, 3.63) is 65.5 Å². The van der Waals surface area contributed by atoms with Gasteiger partial charge in [0.2, 0.25) is 5.75 Å². The minimum Gasteiger partial charge on any atom is -0.504 e. The van der Waals surface area contributed by atoms with E-state index in [0.29, 0.717) is 4.68 Å². The second kappa shape index (κ2) is 7.78. The molecule has 0 unspecified atom stereocenters. The lowest BCUT2D eigenvalue weighted by Gasteiger charge is -2.12. The molecule has 8 nitrogen and oxygen atoms in total. The first-order valence-corrected chi connectivity index (χ1v) is 8.40. The number of nitrogens with one attached hydrogen (secondary N) is 1. The normalized spacial score (nSPS) is 12.1. The molecule has 0 radical (unpaired) electrons. The maximum Gasteiger partial charge on any atom is 0.434 e. The number of phenolic OH excluding ortho intramolecular Hbond substituents is 3. The molecule has 0 aliphatic rings. The summed E-state index contributed by atoms with van der Waals surface area (Å²) in [7, 11) is 0. The number of alkyl halides is 3. The number of hydrogen-bond donors (Lipinski definition) is 4. The van der Waals surface area contributed by atoms with Crippen LogP contribution in [0.15, 0.2) is 53.8 Å². The molecule has 11 heteroatoms. The summed E-state index contributed by atoms with van der Waals surface area (Å²) >= 11 is 0. The quantitative estimate of drug-likeness (QED) is 0.294. The number of carbonyl (C=O) groups is 1. The van der Waals surface area contributed by atoms with Crippen molar-refractivity contribution in [2.45, 2.75) is 13.1 Å². The summed E-state index contributed by atoms with van der Waals surface area (Å²) in [4.78, 5) is 12.4. The molecular formula is C19H15F3N4O4. The second-order valence-electron chi connectivity index (χ2n) is 6.12. The standard InChI is InChI=1S/C19H15F3N4O4/c1-10(12-7-8-14(27)16(29)15(12)28)24-25-18(30)13-9-23-26(17(13)19(20,21)22)11-5-3-2-4-6-11/h2-9,27-29H,1H3,(H,25,30)/b24-10+. The average Bonchev–Trinajstić information content (AvgIpc) is 3.17. The maximum absolute atomic E-state index is 13.6. The Labute approximate surface area is 167 Å². The summed E-state index contributed by atoms with van der Waals surface area (Å²) in [5, 5.41) is 36.1. The molecule has 1 amide bonds. The molecular weight excluding hydrogens is 405 g/mol. The Morgan fingerprint density at radius 2 is 1.70 bits per heavy atom. The van der Waals surface area contributed by atoms with Gasteiger partial charge in [-0.3, -0.25) is 4.79 Å². The molecule has 4 N–H and O–H groups in total. The Balaban J connectivity index is 1.94. The predicted octanol–water partition coefficient (Wildman–Crippen LogP) is 3.16. The van der Waals surface area contributed by atoms with E-state index in [1.165, 1.54) is 37.3 Å². The van der Waals surface area contributed by atoms with E-state index in [4.69, 9.17) is 0 Å². The number of carbonyl (C=O) groups excluding carboxylic acids is 1. The van der Waals surface area contributed by atoms with E-state index in [1.54, 1.807) is 6.07 Å². The molecule has 0 bridgehead atoms. The summed E-state index contributed by atoms with van der Waals surface area (Å²) in [6, 6.07) is 9.80. The third-order valence-corrected chi connectivity index (χ3v) is 4.13. The molecule has 0 saturated heterocycles. The fourth-order valence-corrected chi connectivity index (χ4v) is 2.67. The summed E-state index contributed by atoms with van der Waals surface area (Å²) < 4.78 is 41.5. The molecule has 3 aromatic rings. The molecule has 1 aromatic heterocycles. The zero-order chi connectivity index (χ0) is 22.1. The zero-order valence-corrected chi connectivity index (χ0v) is 15.3. The van der Waals surface area contributed by atoms with Crippen molar-refractivity contribution >= 4 is 11.6 Å². The number of hydrazone groups is 1. The Hall–Kier alpha value is -4.02. The highest BCUT2D eigenvalue weighted by atomic mass is 19.4. The number of nitrogens with zero attached hydrogens (tertiary/aromatic N) is 3. The van der Waals surface area contributed by atoms with Crippen LogP contribution in [-0.2, 0) is 6.18 Å². The van der Waals surface area contributed by atoms with E-state index in [2.05, 4.69) is 10.2 Å². The number of benzene rings is 2. The molecule has 2 aromatic carbocycles. The summed E-state index contributed by atoms with van der Waals surface area (Å²) in [6.07, 6.45) is -4.10. The molecule has 0 saturated carbocycles. The third-order valence-electron chi connectivity index (χ3n) is 4.13. The van der Waals surface area contributed by atoms with E-state index in [9.17, 15) is 33.3 Å². The number of hydrogen-bond acceptors (Lipinski definition) is 6. The Morgan fingerprint density at radius 3 is 2.33 bits per heavy atom. The van der Waals surface area contributed by atoms with Gasteiger partial charge in [-0.05, 0) is 31.2 Å². The van der Waals surface area contributed by atoms with Crippen molar-refractivity contribution in [2.24, 2.45) is 5.10 Å². The first-order valence-electron chi connectivity index (χ1n) is 8.40. The number of aromatic nitrogens is 2. The lowest BCUT2D eigenvalue weighted by molar-refractivity contribution is -0.143. The van der Waals surface area contributed by atoms with Crippen LogP contribution in [0.25, 0.3) is 5.69 Å². The van der Waals surface area contributed by atoms with Crippen LogP contribution < -0.4 is 5.43 Å². The number of halogens is 3. The summed E-state index contributed by atoms with van der Waals surface area (Å²) in [5.74, 6) is -3.24. The molecule has 156 valence electrons. The second-order valence-corrected chi connectivity index (χ2v) is 6.12. The van der Waals surface area contributed by atoms with Gasteiger partial charge in [-0.1, -0.05) is 18.2 Å². The first kappa shape index (κ1) is 20.7. The highest BCUT2D eigenvalue weighted by Crippen LogP contribution is 2.37. The van der Waals surface area contributed by atoms with Crippen molar-refractivity contribution in [2.75, 3.05) is 0 Å². The summed E-state index contributed by atoms with van der Waals surface area (Å²) in [6.45, 7) is 1.34. The molecule has 0 aliphatic carbocycles. The monoisotopic (exact) mass is 420 g/mol. The Kier molecular flexibility index (Phi) is 5.37. The van der Waals surface area contributed by atoms with Crippen LogP contribution in [0.2, 0.25) is 0 Å². The highest BCUT2D eigenvalue weighted by Gasteiger charge is 2.40. The van der Waals surface area contributed by atoms with Crippen LogP contribution in [0.1, 0.15) is 28.5 Å². The lowest BCUT2D eigenvalue weighted by atomic mass is 10.1. The van der Waals surface area contributed by atoms with Crippen molar-refractivity contribution in [3.63, 3.8) is 0 Å². The van der Waals surface area contributed by atoms with E-state index in [-0.39, 0.29) is 17.0 Å². The van der Waals surface area contributed by atoms with Crippen molar-refractivity contribution in [1.82, 2.24) is 15.2 Å². The van der Waals surface area contributed by atoms with Crippen molar-refractivity contribution in [3.8, 4) is 22.9 Å². The van der Waals surface area contributed by atoms with Gasteiger partial charge in [0, 0.05) is 5.56 Å². The van der Waals surface area contributed by atoms with Gasteiger partial charge in [0.25, 0.3) is 5.91 Å². The fourth-order valence-electron chi connectivity index (χ4n) is 2.67. The van der Waals surface area contributed by atoms with Crippen LogP contribution in [0, 0.1) is 0 Å². The molecule has 3 rings (SSSR count). The molecule has 0 fully saturated rings. The molecule has 0 atom stereocenters. The van der Waals surface area contributed by atoms with Gasteiger partial charge in [-0.15, -0.1) is 0 Å². The van der Waals surface area contributed by atoms with Crippen LogP contribution in [0.4, 0.5) is 13.2 Å². The molecule has 0 aliphatic heterocycles. The van der Waals surface area contributed by atoms with Crippen LogP contribution >= 0.6 is 0 Å². The number of aromatic hydroxyl groups is 3. The van der Waals surface area contributed by atoms with E-state index in [1.807, 2.05) is 5.43 Å². The van der Waals surface area contributed by atoms with E-state index in [0.717, 1.165) is 12.3 Å². The molecule has 1 heterocycles. The third kappa shape index (κ3) is 3.90. The van der Waals surface area contributed by atoms with Gasteiger partial charge in [-0.2, -0.15) is 23.4 Å². The van der Waals surface area contributed by atoms with E-state index < -0.39 is 40.6 Å². The number of rotatable bonds is 4. The maximum atomic E-state index is 13.6. The predicted molar refractivity (Wildman–Crippen MR) is 99.7 cm³/mol. The average molecular weight is 420 g/mol. The van der Waals surface area contributed by atoms with Gasteiger partial charge in [-0.25, -0.2) is 10.1 Å². The van der Waals surface area contributed by atoms with Crippen LogP contribution in [0.3, 0.4) is 0 Å². The molecule has 30 heavy (non-hydrogen) atoms. The number of para-hydroxylation sites is 1. The minimum atomic E-state index is -4.88. The van der Waals surface area contributed by atoms with Crippen LogP contribution in [0.5, 0.6) is 17.2 Å². The van der Waals surface area contributed by atoms with Crippen molar-refractivity contribution < 1.29 is 33.3 Å². The van der Waals surface area contributed by atoms with E-state index >= 15 is 0 Å². The van der Waals surface area contributed by atoms with Gasteiger partial charge >= 0.3 is 6.18 Å². The topological polar surface area (TPSA) is 120 Å². The first-order chi connectivity index (χ1) is 14.1. The largest absolute Gasteiger partial charge is 0.504 e. The SMILES string of the molecule is C/C(=N\NC(=O)c1cnn(-c2ccccc2)c1C(F)(F)F)c1ccc(O)c(O)c1O. The minimum absolute atomic E-state index is 0.0276. The van der Waals surface area contributed by atoms with Gasteiger partial charge in [0.1, 0.15) is 0 Å². The number of amides is 1. The lowest BCUT2D eigenvalue weighted by Crippen LogP contribution is -2.24. The smallest absolute Gasteiger partial charge is 0.434 e. The fraction of sp³-hybridized carbons (Fsp3) is 0.105. The van der Waals surface area contributed by atoms with Gasteiger partial charge < -0.3 is 15.3 Å². The van der Waals surface area contributed by atoms with Crippen molar-refractivity contribution in [1.29, 1.82) is 0 Å². The van der Waals surface area contributed by atoms with Crippen LogP contribution in [-0.4, -0.2) is 36.7 Å². The highest BCUT2D eigenvalue weighted by molar-refractivity contribution is 6.03. The van der Waals surface area contributed by atoms with Gasteiger partial charge in [0.05, 0.1) is 23.2 Å². The molecule has 0 spiro atoms. The summed E-state index contributed by atoms with van der Waals surface area (Å²) in [5.41, 5.74) is 0.00374. The Morgan fingerprint density at radius 1 is 1.03 bits per heavy atom. The number of phenols is 3.